The summed E-state index contributed by atoms with van der Waals surface area (Å²) in [7, 11) is 0. The zero-order chi connectivity index (χ0) is 24.4. The van der Waals surface area contributed by atoms with Crippen LogP contribution in [-0.4, -0.2) is 72.4 Å². The van der Waals surface area contributed by atoms with Gasteiger partial charge in [0.15, 0.2) is 0 Å². The van der Waals surface area contributed by atoms with Crippen LogP contribution in [0.2, 0.25) is 5.02 Å². The Bertz CT molecular complexity index is 1230. The van der Waals surface area contributed by atoms with Crippen LogP contribution in [0.15, 0.2) is 42.6 Å². The van der Waals surface area contributed by atoms with Crippen molar-refractivity contribution in [3.05, 3.63) is 63.5 Å². The molecule has 182 valence electrons. The van der Waals surface area contributed by atoms with Crippen molar-refractivity contribution in [2.24, 2.45) is 0 Å². The van der Waals surface area contributed by atoms with Crippen LogP contribution in [0.5, 0.6) is 0 Å². The number of morpholine rings is 1. The quantitative estimate of drug-likeness (QED) is 0.386. The van der Waals surface area contributed by atoms with Crippen molar-refractivity contribution in [3.8, 4) is 11.3 Å². The second-order valence-corrected chi connectivity index (χ2v) is 8.62. The highest BCUT2D eigenvalue weighted by atomic mass is 35.5. The largest absolute Gasteiger partial charge is 0.378 e. The van der Waals surface area contributed by atoms with Crippen LogP contribution in [0.4, 0.5) is 27.7 Å². The third-order valence-electron chi connectivity index (χ3n) is 6.08. The predicted molar refractivity (Wildman–Crippen MR) is 131 cm³/mol. The van der Waals surface area contributed by atoms with E-state index in [1.807, 2.05) is 11.0 Å². The van der Waals surface area contributed by atoms with Gasteiger partial charge in [-0.1, -0.05) is 11.6 Å². The fraction of sp³-hybridized carbons (Fsp3) is 0.348. The highest BCUT2D eigenvalue weighted by molar-refractivity contribution is 6.31. The number of nitro groups is 1. The first-order valence-corrected chi connectivity index (χ1v) is 11.6. The summed E-state index contributed by atoms with van der Waals surface area (Å²) in [6.45, 7) is 4.81. The van der Waals surface area contributed by atoms with Crippen molar-refractivity contribution in [2.75, 3.05) is 67.2 Å². The molecule has 5 rings (SSSR count). The van der Waals surface area contributed by atoms with Crippen molar-refractivity contribution < 1.29 is 14.1 Å². The molecule has 10 nitrogen and oxygen atoms in total. The van der Waals surface area contributed by atoms with Crippen LogP contribution in [0.3, 0.4) is 0 Å². The van der Waals surface area contributed by atoms with Gasteiger partial charge in [0.25, 0.3) is 0 Å². The first-order chi connectivity index (χ1) is 17.0. The summed E-state index contributed by atoms with van der Waals surface area (Å²) in [5.41, 5.74) is 1.33. The summed E-state index contributed by atoms with van der Waals surface area (Å²) in [6, 6.07) is 9.43. The van der Waals surface area contributed by atoms with E-state index in [0.717, 1.165) is 5.82 Å². The Morgan fingerprint density at radius 3 is 2.43 bits per heavy atom. The molecule has 1 aromatic carbocycles. The lowest BCUT2D eigenvalue weighted by Gasteiger charge is -2.36. The monoisotopic (exact) mass is 499 g/mol. The Labute approximate surface area is 206 Å². The lowest BCUT2D eigenvalue weighted by molar-refractivity contribution is -0.384. The maximum Gasteiger partial charge on any atom is 0.311 e. The summed E-state index contributed by atoms with van der Waals surface area (Å²) in [5, 5.41) is 11.4. The molecule has 0 spiro atoms. The number of aromatic nitrogens is 3. The van der Waals surface area contributed by atoms with Gasteiger partial charge in [-0.3, -0.25) is 10.1 Å². The topological polar surface area (TPSA) is 101 Å². The van der Waals surface area contributed by atoms with Gasteiger partial charge in [0.1, 0.15) is 11.6 Å². The molecule has 2 aliphatic heterocycles. The van der Waals surface area contributed by atoms with Crippen LogP contribution in [0.1, 0.15) is 0 Å². The molecular formula is C23H23ClFN7O3. The first-order valence-electron chi connectivity index (χ1n) is 11.3. The number of piperazine rings is 1. The number of halogens is 2. The summed E-state index contributed by atoms with van der Waals surface area (Å²) in [5.74, 6) is 1.18. The average Bonchev–Trinajstić information content (AvgIpc) is 2.90. The van der Waals surface area contributed by atoms with E-state index in [4.69, 9.17) is 26.3 Å². The van der Waals surface area contributed by atoms with Gasteiger partial charge in [0.2, 0.25) is 11.8 Å². The van der Waals surface area contributed by atoms with Crippen LogP contribution >= 0.6 is 11.6 Å². The molecule has 0 bridgehead atoms. The van der Waals surface area contributed by atoms with Gasteiger partial charge in [-0.25, -0.2) is 14.4 Å². The minimum absolute atomic E-state index is 0.00642. The van der Waals surface area contributed by atoms with E-state index in [1.165, 1.54) is 12.1 Å². The minimum Gasteiger partial charge on any atom is -0.378 e. The Morgan fingerprint density at radius 2 is 1.71 bits per heavy atom. The van der Waals surface area contributed by atoms with E-state index in [0.29, 0.717) is 75.5 Å². The zero-order valence-electron chi connectivity index (χ0n) is 18.8. The van der Waals surface area contributed by atoms with Gasteiger partial charge in [0, 0.05) is 63.2 Å². The van der Waals surface area contributed by atoms with Crippen LogP contribution < -0.4 is 14.7 Å². The van der Waals surface area contributed by atoms with E-state index < -0.39 is 10.7 Å². The first kappa shape index (κ1) is 23.2. The Kier molecular flexibility index (Phi) is 6.60. The number of hydrogen-bond donors (Lipinski definition) is 0. The van der Waals surface area contributed by atoms with Crippen molar-refractivity contribution in [1.29, 1.82) is 0 Å². The molecule has 2 aromatic heterocycles. The lowest BCUT2D eigenvalue weighted by Crippen LogP contribution is -2.47. The SMILES string of the molecule is O=[N+]([O-])c1cccnc1N1CCN(c2cc(-c3ccc(F)c(Cl)c3)nc(N3CCOCC3)n2)CC1. The summed E-state index contributed by atoms with van der Waals surface area (Å²) in [6.07, 6.45) is 1.56. The average molecular weight is 500 g/mol. The normalized spacial score (nSPS) is 16.5. The fourth-order valence-electron chi connectivity index (χ4n) is 4.21. The Hall–Kier alpha value is -3.57. The number of benzene rings is 1. The smallest absolute Gasteiger partial charge is 0.311 e. The predicted octanol–water partition coefficient (Wildman–Crippen LogP) is 3.40. The molecule has 2 fully saturated rings. The van der Waals surface area contributed by atoms with E-state index in [1.54, 1.807) is 24.4 Å². The molecule has 3 aromatic rings. The van der Waals surface area contributed by atoms with E-state index in [9.17, 15) is 14.5 Å². The number of rotatable bonds is 5. The van der Waals surface area contributed by atoms with Crippen LogP contribution in [-0.2, 0) is 4.74 Å². The Morgan fingerprint density at radius 1 is 0.971 bits per heavy atom. The second-order valence-electron chi connectivity index (χ2n) is 8.22. The standard InChI is InChI=1S/C23H23ClFN7O3/c24-17-14-16(3-4-18(17)25)19-15-21(28-23(27-19)31-10-12-35-13-11-31)29-6-8-30(9-7-29)22-20(32(33)34)2-1-5-26-22/h1-5,14-15H,6-13H2. The molecule has 0 aliphatic carbocycles. The van der Waals surface area contributed by atoms with Gasteiger partial charge in [0.05, 0.1) is 28.9 Å². The molecule has 4 heterocycles. The van der Waals surface area contributed by atoms with E-state index in [-0.39, 0.29) is 10.7 Å². The molecule has 0 saturated carbocycles. The lowest BCUT2D eigenvalue weighted by atomic mass is 10.1. The summed E-state index contributed by atoms with van der Waals surface area (Å²) < 4.78 is 19.2. The summed E-state index contributed by atoms with van der Waals surface area (Å²) >= 11 is 6.03. The van der Waals surface area contributed by atoms with Gasteiger partial charge >= 0.3 is 5.69 Å². The minimum atomic E-state index is -0.488. The molecule has 12 heteroatoms. The fourth-order valence-corrected chi connectivity index (χ4v) is 4.39. The third-order valence-corrected chi connectivity index (χ3v) is 6.37. The van der Waals surface area contributed by atoms with Gasteiger partial charge in [-0.05, 0) is 24.3 Å². The Balaban J connectivity index is 1.43. The van der Waals surface area contributed by atoms with Crippen LogP contribution in [0.25, 0.3) is 11.3 Å². The van der Waals surface area contributed by atoms with E-state index in [2.05, 4.69) is 14.8 Å². The van der Waals surface area contributed by atoms with Gasteiger partial charge < -0.3 is 19.4 Å². The number of pyridine rings is 1. The van der Waals surface area contributed by atoms with Crippen molar-refractivity contribution >= 4 is 34.9 Å². The molecule has 0 unspecified atom stereocenters. The zero-order valence-corrected chi connectivity index (χ0v) is 19.6. The molecule has 0 radical (unpaired) electrons. The maximum absolute atomic E-state index is 13.8. The van der Waals surface area contributed by atoms with Crippen molar-refractivity contribution in [3.63, 3.8) is 0 Å². The number of anilines is 3. The number of ether oxygens (including phenoxy) is 1. The molecule has 2 saturated heterocycles. The molecule has 0 amide bonds. The van der Waals surface area contributed by atoms with Gasteiger partial charge in [-0.2, -0.15) is 4.98 Å². The molecule has 2 aliphatic rings. The molecule has 0 atom stereocenters. The second kappa shape index (κ2) is 9.96. The highest BCUT2D eigenvalue weighted by Gasteiger charge is 2.26. The summed E-state index contributed by atoms with van der Waals surface area (Å²) in [4.78, 5) is 30.9. The molecule has 35 heavy (non-hydrogen) atoms. The van der Waals surface area contributed by atoms with Crippen molar-refractivity contribution in [1.82, 2.24) is 15.0 Å². The maximum atomic E-state index is 13.8. The van der Waals surface area contributed by atoms with Crippen molar-refractivity contribution in [2.45, 2.75) is 0 Å². The van der Waals surface area contributed by atoms with Crippen LogP contribution in [0, 0.1) is 15.9 Å². The third kappa shape index (κ3) is 4.96. The highest BCUT2D eigenvalue weighted by Crippen LogP contribution is 2.30. The van der Waals surface area contributed by atoms with E-state index >= 15 is 0 Å². The molecular weight excluding hydrogens is 477 g/mol. The number of hydrogen-bond acceptors (Lipinski definition) is 9. The number of nitrogens with zero attached hydrogens (tertiary/aromatic N) is 7. The molecule has 0 N–H and O–H groups in total. The van der Waals surface area contributed by atoms with Gasteiger partial charge in [-0.15, -0.1) is 0 Å².